The first-order chi connectivity index (χ1) is 6.29. The second kappa shape index (κ2) is 3.46. The van der Waals surface area contributed by atoms with E-state index in [0.717, 1.165) is 18.5 Å². The lowest BCUT2D eigenvalue weighted by molar-refractivity contribution is 0.112. The summed E-state index contributed by atoms with van der Waals surface area (Å²) in [5, 5.41) is 1.90. The van der Waals surface area contributed by atoms with Gasteiger partial charge in [0.2, 0.25) is 0 Å². The summed E-state index contributed by atoms with van der Waals surface area (Å²) in [5.41, 5.74) is 0.979. The molecular weight excluding hydrogens is 189 g/mol. The minimum Gasteiger partial charge on any atom is -0.368 e. The highest BCUT2D eigenvalue weighted by molar-refractivity contribution is 7.12. The van der Waals surface area contributed by atoms with Crippen LogP contribution in [0.2, 0.25) is 0 Å². The fourth-order valence-electron chi connectivity index (χ4n) is 1.52. The molecule has 2 heterocycles. The van der Waals surface area contributed by atoms with Crippen LogP contribution in [0.1, 0.15) is 16.1 Å². The van der Waals surface area contributed by atoms with E-state index in [2.05, 4.69) is 0 Å². The highest BCUT2D eigenvalue weighted by Gasteiger charge is 2.22. The zero-order valence-corrected chi connectivity index (χ0v) is 7.89. The van der Waals surface area contributed by atoms with Gasteiger partial charge in [-0.2, -0.15) is 0 Å². The summed E-state index contributed by atoms with van der Waals surface area (Å²) in [5.74, 6) is 0. The molecule has 0 aliphatic carbocycles. The topological polar surface area (TPSA) is 20.3 Å². The highest BCUT2D eigenvalue weighted by atomic mass is 32.1. The van der Waals surface area contributed by atoms with E-state index >= 15 is 0 Å². The Bertz CT molecular complexity index is 312. The molecule has 4 heteroatoms. The zero-order valence-electron chi connectivity index (χ0n) is 7.07. The first kappa shape index (κ1) is 8.69. The molecule has 1 unspecified atom stereocenters. The third-order valence-electron chi connectivity index (χ3n) is 2.22. The molecule has 0 aromatic carbocycles. The van der Waals surface area contributed by atoms with Gasteiger partial charge in [-0.25, -0.2) is 4.39 Å². The van der Waals surface area contributed by atoms with Gasteiger partial charge < -0.3 is 4.90 Å². The summed E-state index contributed by atoms with van der Waals surface area (Å²) in [4.78, 5) is 13.1. The van der Waals surface area contributed by atoms with Crippen LogP contribution in [0.5, 0.6) is 0 Å². The maximum absolute atomic E-state index is 12.8. The molecule has 2 nitrogen and oxygen atoms in total. The van der Waals surface area contributed by atoms with Gasteiger partial charge in [0.1, 0.15) is 6.17 Å². The number of hydrogen-bond donors (Lipinski definition) is 0. The molecule has 1 aliphatic heterocycles. The third-order valence-corrected chi connectivity index (χ3v) is 3.06. The van der Waals surface area contributed by atoms with Crippen LogP contribution in [0.15, 0.2) is 11.4 Å². The molecule has 1 aliphatic rings. The third kappa shape index (κ3) is 1.72. The first-order valence-electron chi connectivity index (χ1n) is 4.22. The van der Waals surface area contributed by atoms with E-state index in [9.17, 15) is 9.18 Å². The minimum absolute atomic E-state index is 0.467. The highest BCUT2D eigenvalue weighted by Crippen LogP contribution is 2.26. The summed E-state index contributed by atoms with van der Waals surface area (Å²) in [7, 11) is 0. The molecule has 1 saturated heterocycles. The maximum atomic E-state index is 12.8. The van der Waals surface area contributed by atoms with Gasteiger partial charge in [-0.15, -0.1) is 11.3 Å². The fourth-order valence-corrected chi connectivity index (χ4v) is 2.24. The van der Waals surface area contributed by atoms with Crippen LogP contribution in [-0.2, 0) is 0 Å². The Morgan fingerprint density at radius 2 is 2.54 bits per heavy atom. The Labute approximate surface area is 80.0 Å². The molecule has 2 rings (SSSR count). The van der Waals surface area contributed by atoms with E-state index < -0.39 is 6.17 Å². The summed E-state index contributed by atoms with van der Waals surface area (Å²) >= 11 is 1.41. The number of anilines is 1. The van der Waals surface area contributed by atoms with Crippen LogP contribution < -0.4 is 4.90 Å². The van der Waals surface area contributed by atoms with Gasteiger partial charge in [0.25, 0.3) is 0 Å². The van der Waals surface area contributed by atoms with Crippen molar-refractivity contribution < 1.29 is 9.18 Å². The average molecular weight is 199 g/mol. The van der Waals surface area contributed by atoms with E-state index in [4.69, 9.17) is 0 Å². The van der Waals surface area contributed by atoms with Crippen molar-refractivity contribution in [2.24, 2.45) is 0 Å². The quantitative estimate of drug-likeness (QED) is 0.680. The van der Waals surface area contributed by atoms with Crippen molar-refractivity contribution in [3.63, 3.8) is 0 Å². The van der Waals surface area contributed by atoms with Crippen molar-refractivity contribution in [3.8, 4) is 0 Å². The Balaban J connectivity index is 2.12. The Hall–Kier alpha value is -0.900. The summed E-state index contributed by atoms with van der Waals surface area (Å²) in [6.45, 7) is 1.23. The number of alkyl halides is 1. The molecule has 13 heavy (non-hydrogen) atoms. The molecule has 1 atom stereocenters. The zero-order chi connectivity index (χ0) is 9.26. The number of hydrogen-bond acceptors (Lipinski definition) is 3. The maximum Gasteiger partial charge on any atom is 0.160 e. The Kier molecular flexibility index (Phi) is 2.31. The number of rotatable bonds is 2. The SMILES string of the molecule is O=Cc1cc(N2CCC(F)C2)cs1. The molecule has 0 amide bonds. The molecule has 70 valence electrons. The molecular formula is C9H10FNOS. The van der Waals surface area contributed by atoms with E-state index in [0.29, 0.717) is 17.8 Å². The smallest absolute Gasteiger partial charge is 0.160 e. The summed E-state index contributed by atoms with van der Waals surface area (Å²) in [6, 6.07) is 1.82. The van der Waals surface area contributed by atoms with E-state index in [1.165, 1.54) is 11.3 Å². The Morgan fingerprint density at radius 3 is 3.08 bits per heavy atom. The first-order valence-corrected chi connectivity index (χ1v) is 5.10. The number of aldehydes is 1. The monoisotopic (exact) mass is 199 g/mol. The standard InChI is InChI=1S/C9H10FNOS/c10-7-1-2-11(4-7)8-3-9(5-12)13-6-8/h3,5-7H,1-2,4H2. The lowest BCUT2D eigenvalue weighted by Gasteiger charge is -2.14. The summed E-state index contributed by atoms with van der Waals surface area (Å²) in [6.07, 6.45) is 0.725. The van der Waals surface area contributed by atoms with E-state index in [1.54, 1.807) is 0 Å². The van der Waals surface area contributed by atoms with Gasteiger partial charge in [0.15, 0.2) is 6.29 Å². The second-order valence-electron chi connectivity index (χ2n) is 3.16. The van der Waals surface area contributed by atoms with Crippen molar-refractivity contribution in [1.29, 1.82) is 0 Å². The molecule has 1 aromatic rings. The van der Waals surface area contributed by atoms with Crippen LogP contribution >= 0.6 is 11.3 Å². The average Bonchev–Trinajstić information content (AvgIpc) is 2.71. The van der Waals surface area contributed by atoms with Gasteiger partial charge in [-0.05, 0) is 12.5 Å². The van der Waals surface area contributed by atoms with Gasteiger partial charge in [-0.3, -0.25) is 4.79 Å². The van der Waals surface area contributed by atoms with Crippen molar-refractivity contribution >= 4 is 23.3 Å². The summed E-state index contributed by atoms with van der Waals surface area (Å²) < 4.78 is 12.8. The number of carbonyl (C=O) groups excluding carboxylic acids is 1. The predicted molar refractivity (Wildman–Crippen MR) is 51.4 cm³/mol. The predicted octanol–water partition coefficient (Wildman–Crippen LogP) is 2.11. The molecule has 0 N–H and O–H groups in total. The fraction of sp³-hybridized carbons (Fsp3) is 0.444. The van der Waals surface area contributed by atoms with Crippen LogP contribution in [0, 0.1) is 0 Å². The van der Waals surface area contributed by atoms with Crippen molar-refractivity contribution in [2.45, 2.75) is 12.6 Å². The van der Waals surface area contributed by atoms with E-state index in [1.807, 2.05) is 16.3 Å². The van der Waals surface area contributed by atoms with E-state index in [-0.39, 0.29) is 0 Å². The molecule has 0 bridgehead atoms. The van der Waals surface area contributed by atoms with Gasteiger partial charge in [0, 0.05) is 24.2 Å². The molecule has 1 fully saturated rings. The molecule has 0 radical (unpaired) electrons. The van der Waals surface area contributed by atoms with Crippen molar-refractivity contribution in [1.82, 2.24) is 0 Å². The van der Waals surface area contributed by atoms with Crippen molar-refractivity contribution in [2.75, 3.05) is 18.0 Å². The molecule has 1 aromatic heterocycles. The number of halogens is 1. The van der Waals surface area contributed by atoms with Gasteiger partial charge in [-0.1, -0.05) is 0 Å². The lowest BCUT2D eigenvalue weighted by atomic mass is 10.3. The lowest BCUT2D eigenvalue weighted by Crippen LogP contribution is -2.18. The number of thiophene rings is 1. The molecule has 0 saturated carbocycles. The largest absolute Gasteiger partial charge is 0.368 e. The normalized spacial score (nSPS) is 22.2. The Morgan fingerprint density at radius 1 is 1.69 bits per heavy atom. The van der Waals surface area contributed by atoms with Crippen LogP contribution in [0.4, 0.5) is 10.1 Å². The van der Waals surface area contributed by atoms with Gasteiger partial charge >= 0.3 is 0 Å². The van der Waals surface area contributed by atoms with Crippen LogP contribution in [0.25, 0.3) is 0 Å². The van der Waals surface area contributed by atoms with Crippen molar-refractivity contribution in [3.05, 3.63) is 16.3 Å². The van der Waals surface area contributed by atoms with Gasteiger partial charge in [0.05, 0.1) is 4.88 Å². The minimum atomic E-state index is -0.709. The number of carbonyl (C=O) groups is 1. The van der Waals surface area contributed by atoms with Crippen LogP contribution in [-0.4, -0.2) is 25.5 Å². The molecule has 0 spiro atoms. The number of nitrogens with zero attached hydrogens (tertiary/aromatic N) is 1. The van der Waals surface area contributed by atoms with Crippen LogP contribution in [0.3, 0.4) is 0 Å². The second-order valence-corrected chi connectivity index (χ2v) is 4.10.